The van der Waals surface area contributed by atoms with Crippen molar-refractivity contribution in [1.29, 1.82) is 0 Å². The fourth-order valence-electron chi connectivity index (χ4n) is 3.00. The number of aromatic amines is 1. The number of fused-ring (bicyclic) bond motifs is 1. The topological polar surface area (TPSA) is 44.9 Å². The molecule has 0 radical (unpaired) electrons. The van der Waals surface area contributed by atoms with Gasteiger partial charge in [-0.15, -0.1) is 0 Å². The Hall–Kier alpha value is -3.04. The largest absolute Gasteiger partial charge is 0.361 e. The van der Waals surface area contributed by atoms with Gasteiger partial charge in [0.25, 0.3) is 0 Å². The minimum absolute atomic E-state index is 0.0828. The van der Waals surface area contributed by atoms with Crippen molar-refractivity contribution in [2.75, 3.05) is 5.32 Å². The molecule has 0 aliphatic carbocycles. The summed E-state index contributed by atoms with van der Waals surface area (Å²) in [5.41, 5.74) is 5.13. The molecule has 0 unspecified atom stereocenters. The van der Waals surface area contributed by atoms with E-state index in [0.29, 0.717) is 16.1 Å². The SMILES string of the molecule is Cc1ccccc1Nc1ccc(C(=O)c2ccc3[nH]ccc3c2)c(Cl)c1. The molecule has 4 heteroatoms. The summed E-state index contributed by atoms with van der Waals surface area (Å²) in [5, 5.41) is 4.78. The van der Waals surface area contributed by atoms with Crippen LogP contribution in [0.3, 0.4) is 0 Å². The van der Waals surface area contributed by atoms with Crippen LogP contribution in [0.5, 0.6) is 0 Å². The van der Waals surface area contributed by atoms with E-state index in [1.165, 1.54) is 0 Å². The average molecular weight is 361 g/mol. The Morgan fingerprint density at radius 2 is 1.85 bits per heavy atom. The monoisotopic (exact) mass is 360 g/mol. The standard InChI is InChI=1S/C22H17ClN2O/c1-14-4-2-3-5-20(14)25-17-7-8-18(19(23)13-17)22(26)16-6-9-21-15(12-16)10-11-24-21/h2-13,24-25H,1H3. The molecule has 128 valence electrons. The molecule has 0 spiro atoms. The van der Waals surface area contributed by atoms with E-state index >= 15 is 0 Å². The molecule has 4 aromatic rings. The maximum absolute atomic E-state index is 12.8. The lowest BCUT2D eigenvalue weighted by Crippen LogP contribution is -2.03. The molecule has 0 aliphatic heterocycles. The molecule has 0 atom stereocenters. The molecule has 3 aromatic carbocycles. The Morgan fingerprint density at radius 1 is 1.00 bits per heavy atom. The lowest BCUT2D eigenvalue weighted by molar-refractivity contribution is 0.103. The summed E-state index contributed by atoms with van der Waals surface area (Å²) in [6, 6.07) is 21.0. The smallest absolute Gasteiger partial charge is 0.194 e. The maximum atomic E-state index is 12.8. The van der Waals surface area contributed by atoms with E-state index in [4.69, 9.17) is 11.6 Å². The van der Waals surface area contributed by atoms with E-state index in [1.54, 1.807) is 12.1 Å². The number of rotatable bonds is 4. The second kappa shape index (κ2) is 6.70. The van der Waals surface area contributed by atoms with Crippen molar-refractivity contribution in [3.8, 4) is 0 Å². The number of hydrogen-bond donors (Lipinski definition) is 2. The first-order valence-electron chi connectivity index (χ1n) is 8.36. The van der Waals surface area contributed by atoms with Gasteiger partial charge in [-0.25, -0.2) is 0 Å². The molecule has 3 nitrogen and oxygen atoms in total. The van der Waals surface area contributed by atoms with Crippen LogP contribution in [0.15, 0.2) is 72.9 Å². The van der Waals surface area contributed by atoms with Crippen LogP contribution < -0.4 is 5.32 Å². The highest BCUT2D eigenvalue weighted by atomic mass is 35.5. The van der Waals surface area contributed by atoms with Crippen LogP contribution in [0, 0.1) is 6.92 Å². The Kier molecular flexibility index (Phi) is 4.23. The van der Waals surface area contributed by atoms with Gasteiger partial charge in [0.15, 0.2) is 5.78 Å². The van der Waals surface area contributed by atoms with Crippen LogP contribution in [-0.2, 0) is 0 Å². The van der Waals surface area contributed by atoms with Crippen LogP contribution >= 0.6 is 11.6 Å². The molecular weight excluding hydrogens is 344 g/mol. The Bertz CT molecular complexity index is 1110. The number of ketones is 1. The van der Waals surface area contributed by atoms with E-state index in [1.807, 2.05) is 67.7 Å². The first-order chi connectivity index (χ1) is 12.6. The van der Waals surface area contributed by atoms with Gasteiger partial charge in [-0.05, 0) is 61.0 Å². The summed E-state index contributed by atoms with van der Waals surface area (Å²) in [6.07, 6.45) is 1.86. The molecule has 26 heavy (non-hydrogen) atoms. The molecule has 0 bridgehead atoms. The van der Waals surface area contributed by atoms with Gasteiger partial charge < -0.3 is 10.3 Å². The van der Waals surface area contributed by atoms with E-state index < -0.39 is 0 Å². The van der Waals surface area contributed by atoms with Gasteiger partial charge in [-0.1, -0.05) is 29.8 Å². The lowest BCUT2D eigenvalue weighted by Gasteiger charge is -2.11. The molecule has 4 rings (SSSR count). The fraction of sp³-hybridized carbons (Fsp3) is 0.0455. The van der Waals surface area contributed by atoms with Crippen molar-refractivity contribution in [2.45, 2.75) is 6.92 Å². The Morgan fingerprint density at radius 3 is 2.65 bits per heavy atom. The molecule has 1 aromatic heterocycles. The second-order valence-electron chi connectivity index (χ2n) is 6.24. The summed E-state index contributed by atoms with van der Waals surface area (Å²) in [4.78, 5) is 16.0. The van der Waals surface area contributed by atoms with E-state index in [-0.39, 0.29) is 5.78 Å². The van der Waals surface area contributed by atoms with Gasteiger partial charge >= 0.3 is 0 Å². The predicted molar refractivity (Wildman–Crippen MR) is 108 cm³/mol. The van der Waals surface area contributed by atoms with Crippen LogP contribution in [-0.4, -0.2) is 10.8 Å². The zero-order chi connectivity index (χ0) is 18.1. The number of halogens is 1. The van der Waals surface area contributed by atoms with Crippen LogP contribution in [0.4, 0.5) is 11.4 Å². The third kappa shape index (κ3) is 3.09. The number of hydrogen-bond acceptors (Lipinski definition) is 2. The van der Waals surface area contributed by atoms with Crippen LogP contribution in [0.25, 0.3) is 10.9 Å². The number of para-hydroxylation sites is 1. The Labute approximate surface area is 156 Å². The Balaban J connectivity index is 1.63. The number of anilines is 2. The van der Waals surface area contributed by atoms with Crippen molar-refractivity contribution in [3.63, 3.8) is 0 Å². The first-order valence-corrected chi connectivity index (χ1v) is 8.74. The highest BCUT2D eigenvalue weighted by Gasteiger charge is 2.14. The molecule has 0 aliphatic rings. The number of benzene rings is 3. The number of aromatic nitrogens is 1. The van der Waals surface area contributed by atoms with Gasteiger partial charge in [-0.3, -0.25) is 4.79 Å². The minimum atomic E-state index is -0.0828. The summed E-state index contributed by atoms with van der Waals surface area (Å²) < 4.78 is 0. The summed E-state index contributed by atoms with van der Waals surface area (Å²) in [5.74, 6) is -0.0828. The zero-order valence-electron chi connectivity index (χ0n) is 14.2. The summed E-state index contributed by atoms with van der Waals surface area (Å²) in [7, 11) is 0. The summed E-state index contributed by atoms with van der Waals surface area (Å²) >= 11 is 6.41. The fourth-order valence-corrected chi connectivity index (χ4v) is 3.26. The van der Waals surface area contributed by atoms with Gasteiger partial charge in [0, 0.05) is 39.6 Å². The van der Waals surface area contributed by atoms with E-state index in [0.717, 1.165) is 27.8 Å². The summed E-state index contributed by atoms with van der Waals surface area (Å²) in [6.45, 7) is 2.04. The molecule has 0 saturated heterocycles. The number of carbonyl (C=O) groups excluding carboxylic acids is 1. The predicted octanol–water partition coefficient (Wildman–Crippen LogP) is 6.10. The highest BCUT2D eigenvalue weighted by Crippen LogP contribution is 2.27. The van der Waals surface area contributed by atoms with Crippen LogP contribution in [0.1, 0.15) is 21.5 Å². The molecule has 0 amide bonds. The third-order valence-electron chi connectivity index (χ3n) is 4.45. The van der Waals surface area contributed by atoms with Crippen molar-refractivity contribution >= 4 is 39.7 Å². The van der Waals surface area contributed by atoms with Crippen molar-refractivity contribution in [3.05, 3.63) is 94.6 Å². The van der Waals surface area contributed by atoms with Crippen LogP contribution in [0.2, 0.25) is 5.02 Å². The van der Waals surface area contributed by atoms with Gasteiger partial charge in [0.2, 0.25) is 0 Å². The minimum Gasteiger partial charge on any atom is -0.361 e. The number of nitrogens with one attached hydrogen (secondary N) is 2. The third-order valence-corrected chi connectivity index (χ3v) is 4.77. The number of carbonyl (C=O) groups is 1. The number of aryl methyl sites for hydroxylation is 1. The molecule has 1 heterocycles. The number of H-pyrrole nitrogens is 1. The lowest BCUT2D eigenvalue weighted by atomic mass is 10.0. The van der Waals surface area contributed by atoms with Gasteiger partial charge in [0.1, 0.15) is 0 Å². The molecular formula is C22H17ClN2O. The second-order valence-corrected chi connectivity index (χ2v) is 6.65. The molecule has 2 N–H and O–H groups in total. The van der Waals surface area contributed by atoms with E-state index in [2.05, 4.69) is 10.3 Å². The van der Waals surface area contributed by atoms with Crippen molar-refractivity contribution in [2.24, 2.45) is 0 Å². The van der Waals surface area contributed by atoms with Gasteiger partial charge in [-0.2, -0.15) is 0 Å². The normalized spacial score (nSPS) is 10.8. The van der Waals surface area contributed by atoms with Gasteiger partial charge in [0.05, 0.1) is 5.02 Å². The van der Waals surface area contributed by atoms with Crippen molar-refractivity contribution < 1.29 is 4.79 Å². The van der Waals surface area contributed by atoms with E-state index in [9.17, 15) is 4.79 Å². The highest BCUT2D eigenvalue weighted by molar-refractivity contribution is 6.35. The average Bonchev–Trinajstić information content (AvgIpc) is 3.11. The molecule has 0 saturated carbocycles. The zero-order valence-corrected chi connectivity index (χ0v) is 15.0. The first kappa shape index (κ1) is 16.4. The maximum Gasteiger partial charge on any atom is 0.194 e. The van der Waals surface area contributed by atoms with Crippen molar-refractivity contribution in [1.82, 2.24) is 4.98 Å². The molecule has 0 fully saturated rings. The quantitative estimate of drug-likeness (QED) is 0.431.